The third kappa shape index (κ3) is 13.6. The van der Waals surface area contributed by atoms with Gasteiger partial charge in [0.15, 0.2) is 5.75 Å². The highest BCUT2D eigenvalue weighted by molar-refractivity contribution is 7.85. The van der Waals surface area contributed by atoms with E-state index in [2.05, 4.69) is 32.9 Å². The van der Waals surface area contributed by atoms with Gasteiger partial charge in [0.2, 0.25) is 11.4 Å². The lowest BCUT2D eigenvalue weighted by Crippen LogP contribution is -2.24. The SMILES string of the molecule is CC(C)=CCC/C(C)=C/C[S+]=C(N)N.Cc1ccc(S(=O)(=O)[O-])cc1. The first-order chi connectivity index (χ1) is 11.5. The van der Waals surface area contributed by atoms with Crippen LogP contribution in [0.1, 0.15) is 39.2 Å². The standard InChI is InChI=1S/C11H21N2S.C7H8O3S/c1-9(2)5-4-6-10(3)7-8-14-11(12)13;1-6-2-4-7(5-3-6)11(8,9)10/h5,7H,4,6,8,12-13H2,1-3H3;2-5H,1H3,(H,8,9,10)/q+1;/p-1/b10-7+;. The molecule has 5 nitrogen and oxygen atoms in total. The minimum Gasteiger partial charge on any atom is -0.744 e. The maximum absolute atomic E-state index is 10.4. The predicted molar refractivity (Wildman–Crippen MR) is 107 cm³/mol. The van der Waals surface area contributed by atoms with Crippen molar-refractivity contribution in [1.29, 1.82) is 0 Å². The van der Waals surface area contributed by atoms with Crippen LogP contribution in [0.5, 0.6) is 0 Å². The summed E-state index contributed by atoms with van der Waals surface area (Å²) in [6, 6.07) is 5.78. The molecular formula is C18H28N2O3S2. The van der Waals surface area contributed by atoms with E-state index in [1.165, 1.54) is 34.6 Å². The Morgan fingerprint density at radius 1 is 1.12 bits per heavy atom. The van der Waals surface area contributed by atoms with Crippen LogP contribution in [0, 0.1) is 6.92 Å². The number of nitrogens with two attached hydrogens (primary N) is 2. The largest absolute Gasteiger partial charge is 0.744 e. The third-order valence-corrected chi connectivity index (χ3v) is 4.60. The van der Waals surface area contributed by atoms with E-state index in [4.69, 9.17) is 11.5 Å². The third-order valence-electron chi connectivity index (χ3n) is 3.08. The fourth-order valence-corrected chi connectivity index (χ4v) is 2.71. The van der Waals surface area contributed by atoms with Gasteiger partial charge < -0.3 is 4.55 Å². The number of allylic oxidation sites excluding steroid dienone is 3. The second kappa shape index (κ2) is 12.1. The average molecular weight is 385 g/mol. The van der Waals surface area contributed by atoms with Gasteiger partial charge in [-0.3, -0.25) is 0 Å². The van der Waals surface area contributed by atoms with E-state index in [0.29, 0.717) is 5.11 Å². The normalized spacial score (nSPS) is 11.2. The van der Waals surface area contributed by atoms with Crippen molar-refractivity contribution < 1.29 is 13.0 Å². The van der Waals surface area contributed by atoms with Gasteiger partial charge >= 0.3 is 5.11 Å². The molecule has 0 bridgehead atoms. The Hall–Kier alpha value is -1.38. The van der Waals surface area contributed by atoms with Crippen LogP contribution in [-0.2, 0) is 21.5 Å². The monoisotopic (exact) mass is 384 g/mol. The minimum absolute atomic E-state index is 0.178. The Morgan fingerprint density at radius 3 is 2.12 bits per heavy atom. The van der Waals surface area contributed by atoms with Gasteiger partial charge in [-0.25, -0.2) is 19.9 Å². The van der Waals surface area contributed by atoms with Crippen LogP contribution in [0.3, 0.4) is 0 Å². The summed E-state index contributed by atoms with van der Waals surface area (Å²) in [5.41, 5.74) is 14.4. The van der Waals surface area contributed by atoms with Crippen LogP contribution in [0.4, 0.5) is 0 Å². The van der Waals surface area contributed by atoms with Crippen molar-refractivity contribution in [3.8, 4) is 0 Å². The van der Waals surface area contributed by atoms with E-state index >= 15 is 0 Å². The van der Waals surface area contributed by atoms with E-state index in [0.717, 1.165) is 24.2 Å². The number of hydrogen-bond acceptors (Lipinski definition) is 3. The molecule has 0 aliphatic rings. The molecule has 1 aromatic carbocycles. The lowest BCUT2D eigenvalue weighted by molar-refractivity contribution is 0.463. The Kier molecular flexibility index (Phi) is 11.4. The molecule has 0 amide bonds. The molecular weight excluding hydrogens is 356 g/mol. The van der Waals surface area contributed by atoms with Crippen molar-refractivity contribution in [2.75, 3.05) is 5.75 Å². The molecule has 4 N–H and O–H groups in total. The van der Waals surface area contributed by atoms with Crippen LogP contribution in [0.25, 0.3) is 0 Å². The number of rotatable bonds is 6. The molecule has 0 saturated heterocycles. The van der Waals surface area contributed by atoms with Crippen molar-refractivity contribution in [2.45, 2.75) is 45.4 Å². The Morgan fingerprint density at radius 2 is 1.68 bits per heavy atom. The highest BCUT2D eigenvalue weighted by Gasteiger charge is 1.98. The van der Waals surface area contributed by atoms with Crippen LogP contribution in [0.15, 0.2) is 52.5 Å². The number of aryl methyl sites for hydroxylation is 1. The van der Waals surface area contributed by atoms with E-state index < -0.39 is 10.1 Å². The van der Waals surface area contributed by atoms with Gasteiger partial charge in [0.1, 0.15) is 10.1 Å². The van der Waals surface area contributed by atoms with Crippen molar-refractivity contribution in [3.63, 3.8) is 0 Å². The van der Waals surface area contributed by atoms with E-state index in [1.807, 2.05) is 6.92 Å². The highest BCUT2D eigenvalue weighted by Crippen LogP contribution is 2.08. The molecule has 0 spiro atoms. The fraction of sp³-hybridized carbons (Fsp3) is 0.389. The average Bonchev–Trinajstić information content (AvgIpc) is 2.46. The molecule has 0 radical (unpaired) electrons. The van der Waals surface area contributed by atoms with Gasteiger partial charge in [-0.15, -0.1) is 0 Å². The molecule has 0 aromatic heterocycles. The maximum atomic E-state index is 10.4. The molecule has 0 heterocycles. The first kappa shape index (κ1) is 23.6. The summed E-state index contributed by atoms with van der Waals surface area (Å²) < 4.78 is 31.2. The topological polar surface area (TPSA) is 109 Å². The first-order valence-corrected chi connectivity index (χ1v) is 10.2. The molecule has 0 unspecified atom stereocenters. The van der Waals surface area contributed by atoms with Gasteiger partial charge in [-0.05, 0) is 58.7 Å². The van der Waals surface area contributed by atoms with E-state index in [-0.39, 0.29) is 4.90 Å². The summed E-state index contributed by atoms with van der Waals surface area (Å²) in [6.45, 7) is 8.21. The number of benzene rings is 1. The summed E-state index contributed by atoms with van der Waals surface area (Å²) in [7, 11) is -4.27. The van der Waals surface area contributed by atoms with Gasteiger partial charge in [0.05, 0.1) is 4.90 Å². The molecule has 140 valence electrons. The number of hydrogen-bond donors (Lipinski definition) is 2. The van der Waals surface area contributed by atoms with Crippen LogP contribution in [-0.4, -0.2) is 23.8 Å². The summed E-state index contributed by atoms with van der Waals surface area (Å²) in [6.07, 6.45) is 6.69. The van der Waals surface area contributed by atoms with Crippen molar-refractivity contribution >= 4 is 26.6 Å². The summed E-state index contributed by atoms with van der Waals surface area (Å²) in [5, 5.41) is 0.443. The predicted octanol–water partition coefficient (Wildman–Crippen LogP) is 2.67. The Labute approximate surface area is 155 Å². The van der Waals surface area contributed by atoms with Crippen molar-refractivity contribution in [3.05, 3.63) is 53.1 Å². The van der Waals surface area contributed by atoms with Crippen LogP contribution >= 0.6 is 0 Å². The van der Waals surface area contributed by atoms with Gasteiger partial charge in [-0.2, -0.15) is 0 Å². The second-order valence-electron chi connectivity index (χ2n) is 5.85. The van der Waals surface area contributed by atoms with Crippen LogP contribution < -0.4 is 11.5 Å². The highest BCUT2D eigenvalue weighted by atomic mass is 32.2. The lowest BCUT2D eigenvalue weighted by atomic mass is 10.1. The molecule has 0 atom stereocenters. The summed E-state index contributed by atoms with van der Waals surface area (Å²) in [4.78, 5) is -0.178. The Bertz CT molecular complexity index is 711. The summed E-state index contributed by atoms with van der Waals surface area (Å²) in [5.74, 6) is 0.878. The summed E-state index contributed by atoms with van der Waals surface area (Å²) >= 11 is 1.48. The molecule has 0 fully saturated rings. The zero-order valence-electron chi connectivity index (χ0n) is 15.3. The van der Waals surface area contributed by atoms with Gasteiger partial charge in [-0.1, -0.05) is 34.9 Å². The molecule has 0 saturated carbocycles. The molecule has 0 aliphatic carbocycles. The van der Waals surface area contributed by atoms with Gasteiger partial charge in [0, 0.05) is 0 Å². The molecule has 1 rings (SSSR count). The van der Waals surface area contributed by atoms with Crippen molar-refractivity contribution in [1.82, 2.24) is 0 Å². The first-order valence-electron chi connectivity index (χ1n) is 7.84. The van der Waals surface area contributed by atoms with E-state index in [1.54, 1.807) is 12.1 Å². The van der Waals surface area contributed by atoms with Crippen molar-refractivity contribution in [2.24, 2.45) is 11.5 Å². The quantitative estimate of drug-likeness (QED) is 0.339. The van der Waals surface area contributed by atoms with Gasteiger partial charge in [0.25, 0.3) is 0 Å². The molecule has 0 aliphatic heterocycles. The second-order valence-corrected chi connectivity index (χ2v) is 8.32. The Balaban J connectivity index is 0.000000472. The minimum atomic E-state index is -4.27. The lowest BCUT2D eigenvalue weighted by Gasteiger charge is -2.05. The maximum Gasteiger partial charge on any atom is 0.315 e. The smallest absolute Gasteiger partial charge is 0.315 e. The van der Waals surface area contributed by atoms with E-state index in [9.17, 15) is 13.0 Å². The zero-order chi connectivity index (χ0) is 19.5. The molecule has 1 aromatic rings. The fourth-order valence-electron chi connectivity index (χ4n) is 1.68. The zero-order valence-corrected chi connectivity index (χ0v) is 16.9. The molecule has 7 heteroatoms. The molecule has 25 heavy (non-hydrogen) atoms. The van der Waals surface area contributed by atoms with Crippen LogP contribution in [0.2, 0.25) is 0 Å².